The monoisotopic (exact) mass is 305 g/mol. The van der Waals surface area contributed by atoms with Crippen molar-refractivity contribution in [1.29, 1.82) is 0 Å². The molecule has 5 nitrogen and oxygen atoms in total. The Labute approximate surface area is 107 Å². The van der Waals surface area contributed by atoms with Crippen LogP contribution < -0.4 is 0 Å². The molecule has 0 saturated heterocycles. The maximum atomic E-state index is 11.5. The molecule has 0 fully saturated rings. The van der Waals surface area contributed by atoms with Gasteiger partial charge in [0.25, 0.3) is 0 Å². The average molecular weight is 304 g/mol. The van der Waals surface area contributed by atoms with Gasteiger partial charge in [-0.2, -0.15) is 0 Å². The molecular weight excluding hydrogens is 291 g/mol. The molecule has 4 N–H and O–H groups in total. The van der Waals surface area contributed by atoms with Crippen molar-refractivity contribution in [2.45, 2.75) is 17.8 Å². The van der Waals surface area contributed by atoms with E-state index in [1.54, 1.807) is 18.2 Å². The molecule has 0 aliphatic carbocycles. The van der Waals surface area contributed by atoms with Crippen LogP contribution in [0.2, 0.25) is 0 Å². The van der Waals surface area contributed by atoms with Crippen molar-refractivity contribution >= 4 is 20.7 Å². The van der Waals surface area contributed by atoms with E-state index in [-0.39, 0.29) is 5.56 Å². The molecule has 0 amide bonds. The zero-order chi connectivity index (χ0) is 13.1. The Balaban J connectivity index is 3.19. The summed E-state index contributed by atoms with van der Waals surface area (Å²) in [6, 6.07) is 7.75. The molecule has 0 aliphatic rings. The number of hydrogen-bond donors (Lipinski definition) is 4. The molecule has 0 unspecified atom stereocenters. The zero-order valence-electron chi connectivity index (χ0n) is 8.85. The van der Waals surface area contributed by atoms with Crippen LogP contribution in [0.4, 0.5) is 0 Å². The van der Waals surface area contributed by atoms with Crippen LogP contribution in [0.1, 0.15) is 5.56 Å². The van der Waals surface area contributed by atoms with E-state index in [4.69, 9.17) is 5.11 Å². The fraction of sp³-hybridized carbons (Fsp3) is 0.364. The molecule has 1 aromatic carbocycles. The van der Waals surface area contributed by atoms with E-state index in [1.807, 2.05) is 0 Å². The predicted molar refractivity (Wildman–Crippen MR) is 60.2 cm³/mol. The quantitative estimate of drug-likeness (QED) is 0.485. The fourth-order valence-electron chi connectivity index (χ4n) is 1.48. The minimum absolute atomic E-state index is 0.142. The van der Waals surface area contributed by atoms with Crippen LogP contribution in [-0.4, -0.2) is 59.9 Å². The van der Waals surface area contributed by atoms with Crippen molar-refractivity contribution in [2.75, 3.05) is 6.61 Å². The van der Waals surface area contributed by atoms with Gasteiger partial charge in [-0.3, -0.25) is 0 Å². The third-order valence-corrected chi connectivity index (χ3v) is 3.16. The Morgan fingerprint density at radius 3 is 2.24 bits per heavy atom. The molecule has 1 aromatic rings. The van der Waals surface area contributed by atoms with Gasteiger partial charge in [0.2, 0.25) is 0 Å². The van der Waals surface area contributed by atoms with E-state index < -0.39 is 29.1 Å². The van der Waals surface area contributed by atoms with Crippen molar-refractivity contribution in [3.63, 3.8) is 0 Å². The summed E-state index contributed by atoms with van der Waals surface area (Å²) in [5.41, 5.74) is -2.13. The number of carbonyl (C=O) groups excluding carboxylic acids is 1. The van der Waals surface area contributed by atoms with Crippen LogP contribution in [0.3, 0.4) is 0 Å². The zero-order valence-corrected chi connectivity index (χ0v) is 10.6. The molecule has 3 atom stereocenters. The van der Waals surface area contributed by atoms with Gasteiger partial charge in [0.1, 0.15) is 0 Å². The van der Waals surface area contributed by atoms with Crippen LogP contribution in [-0.2, 0) is 10.4 Å². The van der Waals surface area contributed by atoms with E-state index in [2.05, 4.69) is 16.0 Å². The summed E-state index contributed by atoms with van der Waals surface area (Å²) in [7, 11) is 0. The third kappa shape index (κ3) is 2.74. The first-order valence-electron chi connectivity index (χ1n) is 4.91. The second-order valence-electron chi connectivity index (χ2n) is 3.61. The van der Waals surface area contributed by atoms with E-state index >= 15 is 0 Å². The van der Waals surface area contributed by atoms with Crippen molar-refractivity contribution in [3.05, 3.63) is 35.9 Å². The molecule has 93 valence electrons. The van der Waals surface area contributed by atoms with Crippen LogP contribution in [0.15, 0.2) is 30.3 Å². The van der Waals surface area contributed by atoms with Crippen molar-refractivity contribution in [2.24, 2.45) is 0 Å². The standard InChI is InChI=1S/C11H13O5Se/c12-6-8(13)9(14)11(16,10(15)17)7-4-2-1-3-5-7/h1-5,8-9,12-14,16H,6H2/t8-,9-,11-/m1/s1. The predicted octanol–water partition coefficient (Wildman–Crippen LogP) is -1.72. The van der Waals surface area contributed by atoms with Crippen molar-refractivity contribution in [3.8, 4) is 0 Å². The van der Waals surface area contributed by atoms with Crippen LogP contribution in [0.5, 0.6) is 0 Å². The summed E-state index contributed by atoms with van der Waals surface area (Å²) in [6.07, 6.45) is -3.43. The van der Waals surface area contributed by atoms with Crippen molar-refractivity contribution in [1.82, 2.24) is 0 Å². The first kappa shape index (κ1) is 14.3. The summed E-state index contributed by atoms with van der Waals surface area (Å²) >= 11 is 2.10. The summed E-state index contributed by atoms with van der Waals surface area (Å²) in [6.45, 7) is -0.760. The van der Waals surface area contributed by atoms with Crippen LogP contribution in [0.25, 0.3) is 0 Å². The number of carbonyl (C=O) groups is 1. The van der Waals surface area contributed by atoms with Gasteiger partial charge in [0.05, 0.1) is 0 Å². The molecule has 0 bridgehead atoms. The minimum atomic E-state index is -2.27. The summed E-state index contributed by atoms with van der Waals surface area (Å²) in [5.74, 6) is 0. The van der Waals surface area contributed by atoms with Gasteiger partial charge >= 0.3 is 106 Å². The normalized spacial score (nSPS) is 18.1. The number of benzene rings is 1. The SMILES string of the molecule is O=C([Se])[C@@](O)(c1ccccc1)[C@H](O)[C@H](O)CO. The fourth-order valence-corrected chi connectivity index (χ4v) is 1.98. The number of hydrogen-bond acceptors (Lipinski definition) is 5. The summed E-state index contributed by atoms with van der Waals surface area (Å²) < 4.78 is -0.830. The molecule has 0 aliphatic heterocycles. The topological polar surface area (TPSA) is 98.0 Å². The summed E-state index contributed by atoms with van der Waals surface area (Å²) in [4.78, 5) is 11.5. The van der Waals surface area contributed by atoms with E-state index in [0.717, 1.165) is 0 Å². The van der Waals surface area contributed by atoms with E-state index in [9.17, 15) is 20.1 Å². The number of aliphatic hydroxyl groups is 4. The van der Waals surface area contributed by atoms with Crippen LogP contribution in [0, 0.1) is 0 Å². The molecule has 0 aromatic heterocycles. The number of rotatable bonds is 5. The molecule has 1 radical (unpaired) electrons. The number of aliphatic hydroxyl groups excluding tert-OH is 3. The Hall–Kier alpha value is -0.751. The third-order valence-electron chi connectivity index (χ3n) is 2.50. The van der Waals surface area contributed by atoms with Gasteiger partial charge in [-0.1, -0.05) is 0 Å². The molecule has 6 heteroatoms. The first-order valence-corrected chi connectivity index (χ1v) is 5.76. The van der Waals surface area contributed by atoms with E-state index in [0.29, 0.717) is 0 Å². The van der Waals surface area contributed by atoms with Gasteiger partial charge in [-0.15, -0.1) is 0 Å². The first-order chi connectivity index (χ1) is 7.94. The summed E-state index contributed by atoms with van der Waals surface area (Å²) in [5, 5.41) is 38.1. The maximum absolute atomic E-state index is 11.5. The Morgan fingerprint density at radius 1 is 1.29 bits per heavy atom. The molecule has 0 saturated carbocycles. The molecule has 17 heavy (non-hydrogen) atoms. The second-order valence-corrected chi connectivity index (χ2v) is 4.39. The molecule has 0 spiro atoms. The molecule has 1 rings (SSSR count). The van der Waals surface area contributed by atoms with Gasteiger partial charge in [0, 0.05) is 0 Å². The molecular formula is C11H13O5Se. The average Bonchev–Trinajstić information content (AvgIpc) is 2.36. The van der Waals surface area contributed by atoms with Crippen molar-refractivity contribution < 1.29 is 25.2 Å². The van der Waals surface area contributed by atoms with E-state index in [1.165, 1.54) is 12.1 Å². The van der Waals surface area contributed by atoms with Gasteiger partial charge in [-0.25, -0.2) is 0 Å². The van der Waals surface area contributed by atoms with Gasteiger partial charge in [0.15, 0.2) is 0 Å². The second kappa shape index (κ2) is 5.73. The van der Waals surface area contributed by atoms with Gasteiger partial charge in [-0.05, 0) is 0 Å². The van der Waals surface area contributed by atoms with Gasteiger partial charge < -0.3 is 0 Å². The Bertz CT molecular complexity index is 383. The molecule has 0 heterocycles. The van der Waals surface area contributed by atoms with Crippen LogP contribution >= 0.6 is 0 Å². The Morgan fingerprint density at radius 2 is 1.82 bits per heavy atom. The Kier molecular flexibility index (Phi) is 4.82.